The first kappa shape index (κ1) is 18.9. The molecule has 2 aromatic rings. The summed E-state index contributed by atoms with van der Waals surface area (Å²) in [5.74, 6) is -1.55. The molecule has 0 bridgehead atoms. The molecule has 1 aliphatic carbocycles. The zero-order chi connectivity index (χ0) is 19.6. The summed E-state index contributed by atoms with van der Waals surface area (Å²) in [6.45, 7) is 6.09. The van der Waals surface area contributed by atoms with Crippen LogP contribution in [0.4, 0.5) is 0 Å². The molecule has 0 saturated carbocycles. The van der Waals surface area contributed by atoms with E-state index in [9.17, 15) is 9.59 Å². The molecule has 6 nitrogen and oxygen atoms in total. The summed E-state index contributed by atoms with van der Waals surface area (Å²) in [5, 5.41) is 0. The van der Waals surface area contributed by atoms with Gasteiger partial charge in [0.1, 0.15) is 11.3 Å². The summed E-state index contributed by atoms with van der Waals surface area (Å²) in [6.07, 6.45) is 3.17. The zero-order valence-electron chi connectivity index (χ0n) is 15.9. The lowest BCUT2D eigenvalue weighted by Gasteiger charge is -2.34. The maximum atomic E-state index is 12.7. The summed E-state index contributed by atoms with van der Waals surface area (Å²) in [6, 6.07) is 8.53. The number of methoxy groups -OCH3 is 1. The summed E-state index contributed by atoms with van der Waals surface area (Å²) in [7, 11) is 1.45. The molecule has 142 valence electrons. The van der Waals surface area contributed by atoms with Gasteiger partial charge in [-0.15, -0.1) is 0 Å². The monoisotopic (exact) mass is 369 g/mol. The number of fused-ring (bicyclic) bond motifs is 1. The van der Waals surface area contributed by atoms with Crippen LogP contribution in [0.2, 0.25) is 0 Å². The minimum Gasteiger partial charge on any atom is -0.496 e. The van der Waals surface area contributed by atoms with E-state index >= 15 is 0 Å². The Morgan fingerprint density at radius 1 is 1.19 bits per heavy atom. The van der Waals surface area contributed by atoms with Gasteiger partial charge in [0.2, 0.25) is 0 Å². The summed E-state index contributed by atoms with van der Waals surface area (Å²) in [5.41, 5.74) is 2.78. The van der Waals surface area contributed by atoms with Gasteiger partial charge >= 0.3 is 11.9 Å². The molecule has 0 fully saturated rings. The third-order valence-electron chi connectivity index (χ3n) is 4.73. The number of hydrogen-bond donors (Lipinski definition) is 0. The number of hydrogen-bond acceptors (Lipinski definition) is 6. The van der Waals surface area contributed by atoms with Crippen LogP contribution in [-0.4, -0.2) is 24.0 Å². The molecule has 3 rings (SSSR count). The standard InChI is InChI=1S/C21H23NO5/c1-13-9-15-16(10-21(2,3)11-17(15)22-12-13)20(24)27-26-19(23)14-7-5-6-8-18(14)25-4/h5-9,12,16H,10-11H2,1-4H3. The van der Waals surface area contributed by atoms with Gasteiger partial charge in [0.15, 0.2) is 0 Å². The highest BCUT2D eigenvalue weighted by Crippen LogP contribution is 2.42. The fourth-order valence-electron chi connectivity index (χ4n) is 3.46. The molecule has 0 radical (unpaired) electrons. The van der Waals surface area contributed by atoms with Crippen molar-refractivity contribution in [2.75, 3.05) is 7.11 Å². The molecule has 1 atom stereocenters. The highest BCUT2D eigenvalue weighted by atomic mass is 17.2. The third kappa shape index (κ3) is 4.10. The molecule has 1 aromatic heterocycles. The molecule has 0 saturated heterocycles. The second-order valence-electron chi connectivity index (χ2n) is 7.62. The number of carbonyl (C=O) groups excluding carboxylic acids is 2. The second-order valence-corrected chi connectivity index (χ2v) is 7.62. The average Bonchev–Trinajstić information content (AvgIpc) is 2.65. The van der Waals surface area contributed by atoms with E-state index < -0.39 is 17.9 Å². The number of ether oxygens (including phenoxy) is 1. The quantitative estimate of drug-likeness (QED) is 0.606. The topological polar surface area (TPSA) is 74.7 Å². The van der Waals surface area contributed by atoms with E-state index in [-0.39, 0.29) is 11.0 Å². The van der Waals surface area contributed by atoms with E-state index in [1.54, 1.807) is 30.5 Å². The number of benzene rings is 1. The average molecular weight is 369 g/mol. The fraction of sp³-hybridized carbons (Fsp3) is 0.381. The van der Waals surface area contributed by atoms with Crippen LogP contribution in [0.3, 0.4) is 0 Å². The van der Waals surface area contributed by atoms with Gasteiger partial charge in [-0.3, -0.25) is 4.98 Å². The van der Waals surface area contributed by atoms with Gasteiger partial charge in [0.05, 0.1) is 13.0 Å². The molecular weight excluding hydrogens is 346 g/mol. The molecule has 1 aliphatic rings. The van der Waals surface area contributed by atoms with Crippen molar-refractivity contribution in [3.8, 4) is 5.75 Å². The Balaban J connectivity index is 1.76. The van der Waals surface area contributed by atoms with Gasteiger partial charge in [-0.25, -0.2) is 19.4 Å². The Bertz CT molecular complexity index is 875. The van der Waals surface area contributed by atoms with Crippen molar-refractivity contribution in [3.63, 3.8) is 0 Å². The fourth-order valence-corrected chi connectivity index (χ4v) is 3.46. The van der Waals surface area contributed by atoms with Gasteiger partial charge < -0.3 is 4.74 Å². The Kier molecular flexibility index (Phi) is 5.17. The first-order valence-electron chi connectivity index (χ1n) is 8.82. The number of para-hydroxylation sites is 1. The number of carbonyl (C=O) groups is 2. The molecule has 0 aliphatic heterocycles. The van der Waals surface area contributed by atoms with Crippen LogP contribution in [0, 0.1) is 12.3 Å². The Hall–Kier alpha value is -2.89. The highest BCUT2D eigenvalue weighted by Gasteiger charge is 2.38. The van der Waals surface area contributed by atoms with E-state index in [2.05, 4.69) is 18.8 Å². The second kappa shape index (κ2) is 7.39. The van der Waals surface area contributed by atoms with Crippen molar-refractivity contribution in [1.29, 1.82) is 0 Å². The minimum absolute atomic E-state index is 0.106. The van der Waals surface area contributed by atoms with Gasteiger partial charge in [-0.1, -0.05) is 32.0 Å². The number of rotatable bonds is 3. The van der Waals surface area contributed by atoms with Crippen molar-refractivity contribution in [2.24, 2.45) is 5.41 Å². The largest absolute Gasteiger partial charge is 0.496 e. The van der Waals surface area contributed by atoms with Crippen LogP contribution in [0.1, 0.15) is 53.4 Å². The molecule has 6 heteroatoms. The predicted octanol–water partition coefficient (Wildman–Crippen LogP) is 3.77. The number of nitrogens with zero attached hydrogens (tertiary/aromatic N) is 1. The van der Waals surface area contributed by atoms with Gasteiger partial charge in [0, 0.05) is 11.9 Å². The molecule has 1 aromatic carbocycles. The van der Waals surface area contributed by atoms with Crippen molar-refractivity contribution in [2.45, 2.75) is 39.5 Å². The Morgan fingerprint density at radius 2 is 1.93 bits per heavy atom. The van der Waals surface area contributed by atoms with Gasteiger partial charge in [0.25, 0.3) is 0 Å². The first-order chi connectivity index (χ1) is 12.8. The highest BCUT2D eigenvalue weighted by molar-refractivity contribution is 5.92. The van der Waals surface area contributed by atoms with Crippen LogP contribution < -0.4 is 4.74 Å². The van der Waals surface area contributed by atoms with Crippen LogP contribution in [0.25, 0.3) is 0 Å². The van der Waals surface area contributed by atoms with Crippen LogP contribution in [-0.2, 0) is 21.0 Å². The molecule has 0 spiro atoms. The smallest absolute Gasteiger partial charge is 0.390 e. The molecule has 1 unspecified atom stereocenters. The van der Waals surface area contributed by atoms with Gasteiger partial charge in [-0.05, 0) is 48.4 Å². The Labute approximate surface area is 158 Å². The maximum absolute atomic E-state index is 12.7. The zero-order valence-corrected chi connectivity index (χ0v) is 15.9. The van der Waals surface area contributed by atoms with Crippen LogP contribution >= 0.6 is 0 Å². The van der Waals surface area contributed by atoms with E-state index in [1.165, 1.54) is 7.11 Å². The van der Waals surface area contributed by atoms with Crippen molar-refractivity contribution < 1.29 is 24.1 Å². The lowest BCUT2D eigenvalue weighted by molar-refractivity contribution is -0.236. The predicted molar refractivity (Wildman–Crippen MR) is 98.3 cm³/mol. The number of pyridine rings is 1. The maximum Gasteiger partial charge on any atom is 0.390 e. The van der Waals surface area contributed by atoms with E-state index in [0.717, 1.165) is 23.2 Å². The molecule has 0 amide bonds. The summed E-state index contributed by atoms with van der Waals surface area (Å²) in [4.78, 5) is 39.1. The SMILES string of the molecule is COc1ccccc1C(=O)OOC(=O)C1CC(C)(C)Cc2ncc(C)cc21. The summed E-state index contributed by atoms with van der Waals surface area (Å²) < 4.78 is 5.13. The van der Waals surface area contributed by atoms with Crippen LogP contribution in [0.5, 0.6) is 5.75 Å². The molecule has 27 heavy (non-hydrogen) atoms. The van der Waals surface area contributed by atoms with E-state index in [4.69, 9.17) is 14.5 Å². The first-order valence-corrected chi connectivity index (χ1v) is 8.82. The lowest BCUT2D eigenvalue weighted by atomic mass is 9.70. The number of aromatic nitrogens is 1. The van der Waals surface area contributed by atoms with Gasteiger partial charge in [-0.2, -0.15) is 0 Å². The lowest BCUT2D eigenvalue weighted by Crippen LogP contribution is -2.32. The summed E-state index contributed by atoms with van der Waals surface area (Å²) >= 11 is 0. The molecule has 1 heterocycles. The molecular formula is C21H23NO5. The van der Waals surface area contributed by atoms with Crippen molar-refractivity contribution in [3.05, 3.63) is 58.9 Å². The number of aryl methyl sites for hydroxylation is 1. The van der Waals surface area contributed by atoms with E-state index in [0.29, 0.717) is 12.2 Å². The normalized spacial score (nSPS) is 17.6. The molecule has 0 N–H and O–H groups in total. The van der Waals surface area contributed by atoms with E-state index in [1.807, 2.05) is 13.0 Å². The third-order valence-corrected chi connectivity index (χ3v) is 4.73. The van der Waals surface area contributed by atoms with Crippen LogP contribution in [0.15, 0.2) is 36.5 Å². The van der Waals surface area contributed by atoms with Crippen molar-refractivity contribution in [1.82, 2.24) is 4.98 Å². The minimum atomic E-state index is -0.779. The van der Waals surface area contributed by atoms with Crippen molar-refractivity contribution >= 4 is 11.9 Å². The Morgan fingerprint density at radius 3 is 2.67 bits per heavy atom.